The van der Waals surface area contributed by atoms with Gasteiger partial charge < -0.3 is 5.32 Å². The van der Waals surface area contributed by atoms with Gasteiger partial charge in [-0.3, -0.25) is 0 Å². The second-order valence-corrected chi connectivity index (χ2v) is 4.45. The van der Waals surface area contributed by atoms with Gasteiger partial charge in [-0.2, -0.15) is 0 Å². The first-order valence-electron chi connectivity index (χ1n) is 5.89. The van der Waals surface area contributed by atoms with E-state index in [9.17, 15) is 4.39 Å². The molecular formula is C14H18FN. The standard InChI is InChI=1S/C14H18FN/c1-2-3-7-16-14-9-12(10-14)11-5-4-6-13(15)8-11/h2,4-6,8,12,14,16H,1,3,7,9-10H2. The van der Waals surface area contributed by atoms with Gasteiger partial charge in [0.15, 0.2) is 0 Å². The van der Waals surface area contributed by atoms with Crippen LogP contribution < -0.4 is 5.32 Å². The van der Waals surface area contributed by atoms with Gasteiger partial charge in [0.05, 0.1) is 0 Å². The van der Waals surface area contributed by atoms with Gasteiger partial charge in [0.25, 0.3) is 0 Å². The van der Waals surface area contributed by atoms with Crippen molar-refractivity contribution < 1.29 is 4.39 Å². The fourth-order valence-electron chi connectivity index (χ4n) is 2.21. The number of halogens is 1. The minimum Gasteiger partial charge on any atom is -0.314 e. The van der Waals surface area contributed by atoms with Crippen molar-refractivity contribution >= 4 is 0 Å². The third kappa shape index (κ3) is 2.70. The quantitative estimate of drug-likeness (QED) is 0.592. The van der Waals surface area contributed by atoms with E-state index in [0.717, 1.165) is 31.4 Å². The summed E-state index contributed by atoms with van der Waals surface area (Å²) in [6.07, 6.45) is 5.19. The van der Waals surface area contributed by atoms with Gasteiger partial charge in [-0.05, 0) is 49.4 Å². The van der Waals surface area contributed by atoms with Crippen molar-refractivity contribution in [1.29, 1.82) is 0 Å². The third-order valence-corrected chi connectivity index (χ3v) is 3.24. The molecule has 0 amide bonds. The number of hydrogen-bond acceptors (Lipinski definition) is 1. The summed E-state index contributed by atoms with van der Waals surface area (Å²) < 4.78 is 13.0. The Labute approximate surface area is 96.4 Å². The number of hydrogen-bond donors (Lipinski definition) is 1. The molecule has 86 valence electrons. The SMILES string of the molecule is C=CCCNC1CC(c2cccc(F)c2)C1. The second-order valence-electron chi connectivity index (χ2n) is 4.45. The van der Waals surface area contributed by atoms with Gasteiger partial charge in [0.1, 0.15) is 5.82 Å². The molecule has 0 bridgehead atoms. The highest BCUT2D eigenvalue weighted by Gasteiger charge is 2.29. The van der Waals surface area contributed by atoms with Gasteiger partial charge in [-0.15, -0.1) is 6.58 Å². The van der Waals surface area contributed by atoms with E-state index in [0.29, 0.717) is 12.0 Å². The minimum atomic E-state index is -0.124. The van der Waals surface area contributed by atoms with Gasteiger partial charge in [0.2, 0.25) is 0 Å². The maximum Gasteiger partial charge on any atom is 0.123 e. The summed E-state index contributed by atoms with van der Waals surface area (Å²) in [5.74, 6) is 0.414. The van der Waals surface area contributed by atoms with Gasteiger partial charge in [0, 0.05) is 6.04 Å². The fraction of sp³-hybridized carbons (Fsp3) is 0.429. The zero-order valence-corrected chi connectivity index (χ0v) is 9.45. The van der Waals surface area contributed by atoms with Crippen LogP contribution in [0.2, 0.25) is 0 Å². The van der Waals surface area contributed by atoms with E-state index < -0.39 is 0 Å². The average Bonchev–Trinajstić information content (AvgIpc) is 2.21. The Morgan fingerprint density at radius 3 is 2.94 bits per heavy atom. The lowest BCUT2D eigenvalue weighted by Crippen LogP contribution is -2.40. The molecule has 1 aromatic rings. The van der Waals surface area contributed by atoms with E-state index in [-0.39, 0.29) is 5.82 Å². The van der Waals surface area contributed by atoms with Crippen molar-refractivity contribution in [2.75, 3.05) is 6.54 Å². The van der Waals surface area contributed by atoms with Crippen LogP contribution in [0.4, 0.5) is 4.39 Å². The van der Waals surface area contributed by atoms with Crippen LogP contribution in [0.3, 0.4) is 0 Å². The normalized spacial score (nSPS) is 23.8. The fourth-order valence-corrected chi connectivity index (χ4v) is 2.21. The maximum absolute atomic E-state index is 13.0. The zero-order chi connectivity index (χ0) is 11.4. The molecule has 1 aliphatic rings. The van der Waals surface area contributed by atoms with Crippen LogP contribution in [0.1, 0.15) is 30.7 Å². The molecule has 2 rings (SSSR count). The van der Waals surface area contributed by atoms with Crippen LogP contribution in [-0.4, -0.2) is 12.6 Å². The lowest BCUT2D eigenvalue weighted by Gasteiger charge is -2.36. The molecule has 1 N–H and O–H groups in total. The Morgan fingerprint density at radius 2 is 2.25 bits per heavy atom. The Balaban J connectivity index is 1.77. The van der Waals surface area contributed by atoms with Crippen molar-refractivity contribution in [2.24, 2.45) is 0 Å². The predicted octanol–water partition coefficient (Wildman–Crippen LogP) is 3.24. The Morgan fingerprint density at radius 1 is 1.44 bits per heavy atom. The molecule has 0 aliphatic heterocycles. The highest BCUT2D eigenvalue weighted by atomic mass is 19.1. The molecule has 0 saturated heterocycles. The van der Waals surface area contributed by atoms with E-state index in [1.165, 1.54) is 6.07 Å². The molecule has 0 atom stereocenters. The average molecular weight is 219 g/mol. The number of benzene rings is 1. The summed E-state index contributed by atoms with van der Waals surface area (Å²) in [5.41, 5.74) is 1.14. The zero-order valence-electron chi connectivity index (χ0n) is 9.45. The first-order valence-corrected chi connectivity index (χ1v) is 5.89. The van der Waals surface area contributed by atoms with E-state index in [4.69, 9.17) is 0 Å². The van der Waals surface area contributed by atoms with Crippen LogP contribution in [0, 0.1) is 5.82 Å². The summed E-state index contributed by atoms with van der Waals surface area (Å²) in [4.78, 5) is 0. The summed E-state index contributed by atoms with van der Waals surface area (Å²) in [7, 11) is 0. The van der Waals surface area contributed by atoms with E-state index in [1.54, 1.807) is 12.1 Å². The maximum atomic E-state index is 13.0. The van der Waals surface area contributed by atoms with Crippen molar-refractivity contribution in [3.63, 3.8) is 0 Å². The van der Waals surface area contributed by atoms with Crippen molar-refractivity contribution in [1.82, 2.24) is 5.32 Å². The summed E-state index contributed by atoms with van der Waals surface area (Å²) in [6, 6.07) is 7.58. The summed E-state index contributed by atoms with van der Waals surface area (Å²) >= 11 is 0. The molecule has 1 nitrogen and oxygen atoms in total. The molecule has 2 heteroatoms. The summed E-state index contributed by atoms with van der Waals surface area (Å²) in [6.45, 7) is 4.70. The van der Waals surface area contributed by atoms with Gasteiger partial charge >= 0.3 is 0 Å². The van der Waals surface area contributed by atoms with Crippen LogP contribution in [0.15, 0.2) is 36.9 Å². The Kier molecular flexibility index (Phi) is 3.73. The second kappa shape index (κ2) is 5.26. The lowest BCUT2D eigenvalue weighted by atomic mass is 9.76. The smallest absolute Gasteiger partial charge is 0.123 e. The molecule has 0 unspecified atom stereocenters. The van der Waals surface area contributed by atoms with Crippen molar-refractivity contribution in [2.45, 2.75) is 31.2 Å². The third-order valence-electron chi connectivity index (χ3n) is 3.24. The number of nitrogens with one attached hydrogen (secondary N) is 1. The molecule has 1 fully saturated rings. The molecule has 0 aromatic heterocycles. The first-order chi connectivity index (χ1) is 7.79. The largest absolute Gasteiger partial charge is 0.314 e. The molecule has 0 radical (unpaired) electrons. The Hall–Kier alpha value is -1.15. The van der Waals surface area contributed by atoms with Crippen LogP contribution in [0.5, 0.6) is 0 Å². The highest BCUT2D eigenvalue weighted by molar-refractivity contribution is 5.23. The number of rotatable bonds is 5. The topological polar surface area (TPSA) is 12.0 Å². The molecule has 0 spiro atoms. The Bertz CT molecular complexity index is 356. The molecule has 1 aliphatic carbocycles. The monoisotopic (exact) mass is 219 g/mol. The van der Waals surface area contributed by atoms with Crippen LogP contribution >= 0.6 is 0 Å². The predicted molar refractivity (Wildman–Crippen MR) is 65.0 cm³/mol. The molecule has 1 saturated carbocycles. The summed E-state index contributed by atoms with van der Waals surface area (Å²) in [5, 5.41) is 3.47. The van der Waals surface area contributed by atoms with Gasteiger partial charge in [-0.1, -0.05) is 18.2 Å². The molecule has 0 heterocycles. The minimum absolute atomic E-state index is 0.124. The van der Waals surface area contributed by atoms with Crippen LogP contribution in [0.25, 0.3) is 0 Å². The van der Waals surface area contributed by atoms with E-state index >= 15 is 0 Å². The van der Waals surface area contributed by atoms with Crippen molar-refractivity contribution in [3.8, 4) is 0 Å². The van der Waals surface area contributed by atoms with Crippen molar-refractivity contribution in [3.05, 3.63) is 48.3 Å². The lowest BCUT2D eigenvalue weighted by molar-refractivity contribution is 0.293. The van der Waals surface area contributed by atoms with E-state index in [2.05, 4.69) is 11.9 Å². The molecular weight excluding hydrogens is 201 g/mol. The molecule has 1 aromatic carbocycles. The van der Waals surface area contributed by atoms with Gasteiger partial charge in [-0.25, -0.2) is 4.39 Å². The van der Waals surface area contributed by atoms with Crippen LogP contribution in [-0.2, 0) is 0 Å². The first kappa shape index (κ1) is 11.3. The van der Waals surface area contributed by atoms with E-state index in [1.807, 2.05) is 12.1 Å². The highest BCUT2D eigenvalue weighted by Crippen LogP contribution is 2.36. The molecule has 16 heavy (non-hydrogen) atoms.